The SMILES string of the molecule is NC(CC(=O)Nc1ccc(F)cc1Cl)C1CC1. The molecule has 0 aromatic heterocycles. The Kier molecular flexibility index (Phi) is 3.64. The second-order valence-corrected chi connectivity index (χ2v) is 4.78. The van der Waals surface area contributed by atoms with Gasteiger partial charge in [0, 0.05) is 12.5 Å². The molecule has 1 saturated carbocycles. The molecule has 0 spiro atoms. The lowest BCUT2D eigenvalue weighted by Crippen LogP contribution is -2.28. The predicted molar refractivity (Wildman–Crippen MR) is 65.4 cm³/mol. The van der Waals surface area contributed by atoms with E-state index in [0.717, 1.165) is 18.9 Å². The highest BCUT2D eigenvalue weighted by atomic mass is 35.5. The van der Waals surface area contributed by atoms with Crippen LogP contribution in [0.3, 0.4) is 0 Å². The molecular formula is C12H14ClFN2O. The summed E-state index contributed by atoms with van der Waals surface area (Å²) in [5, 5.41) is 2.83. The summed E-state index contributed by atoms with van der Waals surface area (Å²) >= 11 is 5.80. The number of carbonyl (C=O) groups excluding carboxylic acids is 1. The van der Waals surface area contributed by atoms with E-state index in [-0.39, 0.29) is 23.4 Å². The lowest BCUT2D eigenvalue weighted by Gasteiger charge is -2.11. The minimum absolute atomic E-state index is 0.0887. The van der Waals surface area contributed by atoms with Crippen molar-refractivity contribution in [2.45, 2.75) is 25.3 Å². The summed E-state index contributed by atoms with van der Waals surface area (Å²) in [5.74, 6) is -0.134. The van der Waals surface area contributed by atoms with Crippen LogP contribution >= 0.6 is 11.6 Å². The Hall–Kier alpha value is -1.13. The van der Waals surface area contributed by atoms with Crippen molar-refractivity contribution in [2.75, 3.05) is 5.32 Å². The van der Waals surface area contributed by atoms with Crippen molar-refractivity contribution >= 4 is 23.2 Å². The number of nitrogens with two attached hydrogens (primary N) is 1. The lowest BCUT2D eigenvalue weighted by molar-refractivity contribution is -0.116. The monoisotopic (exact) mass is 256 g/mol. The Morgan fingerprint density at radius 3 is 2.88 bits per heavy atom. The standard InChI is InChI=1S/C12H14ClFN2O/c13-9-5-8(14)3-4-11(9)16-12(17)6-10(15)7-1-2-7/h3-5,7,10H,1-2,6,15H2,(H,16,17). The van der Waals surface area contributed by atoms with E-state index in [2.05, 4.69) is 5.32 Å². The second kappa shape index (κ2) is 5.02. The molecule has 1 amide bonds. The first-order valence-corrected chi connectivity index (χ1v) is 5.94. The van der Waals surface area contributed by atoms with Crippen LogP contribution in [0.1, 0.15) is 19.3 Å². The van der Waals surface area contributed by atoms with Crippen molar-refractivity contribution in [3.05, 3.63) is 29.0 Å². The fourth-order valence-electron chi connectivity index (χ4n) is 1.70. The van der Waals surface area contributed by atoms with Gasteiger partial charge in [-0.1, -0.05) is 11.6 Å². The van der Waals surface area contributed by atoms with Crippen molar-refractivity contribution < 1.29 is 9.18 Å². The van der Waals surface area contributed by atoms with Crippen LogP contribution in [0.4, 0.5) is 10.1 Å². The van der Waals surface area contributed by atoms with Crippen LogP contribution < -0.4 is 11.1 Å². The van der Waals surface area contributed by atoms with Gasteiger partial charge in [-0.2, -0.15) is 0 Å². The highest BCUT2D eigenvalue weighted by molar-refractivity contribution is 6.33. The molecule has 0 radical (unpaired) electrons. The number of anilines is 1. The molecule has 0 saturated heterocycles. The molecule has 2 rings (SSSR count). The Bertz CT molecular complexity index is 435. The Labute approximate surface area is 104 Å². The first-order valence-electron chi connectivity index (χ1n) is 5.57. The Morgan fingerprint density at radius 1 is 1.59 bits per heavy atom. The molecule has 1 unspecified atom stereocenters. The molecule has 1 aromatic carbocycles. The van der Waals surface area contributed by atoms with Gasteiger partial charge in [0.25, 0.3) is 0 Å². The van der Waals surface area contributed by atoms with E-state index in [0.29, 0.717) is 11.6 Å². The quantitative estimate of drug-likeness (QED) is 0.870. The molecule has 1 aliphatic rings. The van der Waals surface area contributed by atoms with E-state index in [1.165, 1.54) is 12.1 Å². The first kappa shape index (κ1) is 12.3. The minimum atomic E-state index is -0.428. The van der Waals surface area contributed by atoms with Crippen LogP contribution in [0.2, 0.25) is 5.02 Å². The van der Waals surface area contributed by atoms with E-state index in [1.54, 1.807) is 0 Å². The molecule has 1 aromatic rings. The minimum Gasteiger partial charge on any atom is -0.327 e. The van der Waals surface area contributed by atoms with E-state index in [4.69, 9.17) is 17.3 Å². The summed E-state index contributed by atoms with van der Waals surface area (Å²) in [6, 6.07) is 3.77. The summed E-state index contributed by atoms with van der Waals surface area (Å²) in [4.78, 5) is 11.6. The van der Waals surface area contributed by atoms with Gasteiger partial charge in [0.05, 0.1) is 10.7 Å². The van der Waals surface area contributed by atoms with Crippen molar-refractivity contribution in [1.29, 1.82) is 0 Å². The molecule has 1 fully saturated rings. The molecule has 0 heterocycles. The summed E-state index contributed by atoms with van der Waals surface area (Å²) in [5.41, 5.74) is 6.26. The number of hydrogen-bond donors (Lipinski definition) is 2. The maximum atomic E-state index is 12.8. The average Bonchev–Trinajstić information content (AvgIpc) is 3.05. The largest absolute Gasteiger partial charge is 0.327 e. The van der Waals surface area contributed by atoms with E-state index >= 15 is 0 Å². The number of halogens is 2. The number of amides is 1. The smallest absolute Gasteiger partial charge is 0.225 e. The number of carbonyl (C=O) groups is 1. The van der Waals surface area contributed by atoms with Crippen LogP contribution in [0, 0.1) is 11.7 Å². The third kappa shape index (κ3) is 3.41. The van der Waals surface area contributed by atoms with Gasteiger partial charge < -0.3 is 11.1 Å². The van der Waals surface area contributed by atoms with Gasteiger partial charge in [-0.15, -0.1) is 0 Å². The van der Waals surface area contributed by atoms with E-state index < -0.39 is 5.82 Å². The molecule has 1 aliphatic carbocycles. The molecule has 0 aliphatic heterocycles. The van der Waals surface area contributed by atoms with Gasteiger partial charge in [0.15, 0.2) is 0 Å². The van der Waals surface area contributed by atoms with Crippen LogP contribution in [-0.2, 0) is 4.79 Å². The molecule has 3 N–H and O–H groups in total. The maximum absolute atomic E-state index is 12.8. The Morgan fingerprint density at radius 2 is 2.29 bits per heavy atom. The molecule has 1 atom stereocenters. The zero-order chi connectivity index (χ0) is 12.4. The second-order valence-electron chi connectivity index (χ2n) is 4.38. The van der Waals surface area contributed by atoms with Gasteiger partial charge >= 0.3 is 0 Å². The summed E-state index contributed by atoms with van der Waals surface area (Å²) in [7, 11) is 0. The van der Waals surface area contributed by atoms with Gasteiger partial charge in [0.1, 0.15) is 5.82 Å². The van der Waals surface area contributed by atoms with Gasteiger partial charge in [-0.25, -0.2) is 4.39 Å². The number of nitrogens with one attached hydrogen (secondary N) is 1. The molecule has 5 heteroatoms. The van der Waals surface area contributed by atoms with Crippen molar-refractivity contribution in [1.82, 2.24) is 0 Å². The summed E-state index contributed by atoms with van der Waals surface area (Å²) in [6.07, 6.45) is 2.48. The van der Waals surface area contributed by atoms with Crippen LogP contribution in [0.15, 0.2) is 18.2 Å². The average molecular weight is 257 g/mol. The third-order valence-corrected chi connectivity index (χ3v) is 3.17. The van der Waals surface area contributed by atoms with Crippen molar-refractivity contribution in [3.63, 3.8) is 0 Å². The van der Waals surface area contributed by atoms with Crippen molar-refractivity contribution in [3.8, 4) is 0 Å². The molecule has 3 nitrogen and oxygen atoms in total. The lowest BCUT2D eigenvalue weighted by atomic mass is 10.1. The summed E-state index contributed by atoms with van der Waals surface area (Å²) in [6.45, 7) is 0. The number of rotatable bonds is 4. The van der Waals surface area contributed by atoms with Crippen molar-refractivity contribution in [2.24, 2.45) is 11.7 Å². The normalized spacial score (nSPS) is 16.6. The summed E-state index contributed by atoms with van der Waals surface area (Å²) < 4.78 is 12.8. The zero-order valence-corrected chi connectivity index (χ0v) is 10.0. The highest BCUT2D eigenvalue weighted by Crippen LogP contribution is 2.33. The zero-order valence-electron chi connectivity index (χ0n) is 9.25. The first-order chi connectivity index (χ1) is 8.06. The van der Waals surface area contributed by atoms with E-state index in [9.17, 15) is 9.18 Å². The molecule has 92 valence electrons. The number of hydrogen-bond acceptors (Lipinski definition) is 2. The van der Waals surface area contributed by atoms with Crippen LogP contribution in [0.5, 0.6) is 0 Å². The third-order valence-electron chi connectivity index (χ3n) is 2.85. The molecular weight excluding hydrogens is 243 g/mol. The van der Waals surface area contributed by atoms with Gasteiger partial charge in [0.2, 0.25) is 5.91 Å². The Balaban J connectivity index is 1.92. The molecule has 0 bridgehead atoms. The fourth-order valence-corrected chi connectivity index (χ4v) is 1.91. The topological polar surface area (TPSA) is 55.1 Å². The van der Waals surface area contributed by atoms with Gasteiger partial charge in [-0.3, -0.25) is 4.79 Å². The predicted octanol–water partition coefficient (Wildman–Crippen LogP) is 2.55. The molecule has 17 heavy (non-hydrogen) atoms. The number of benzene rings is 1. The van der Waals surface area contributed by atoms with Crippen LogP contribution in [0.25, 0.3) is 0 Å². The van der Waals surface area contributed by atoms with Crippen LogP contribution in [-0.4, -0.2) is 11.9 Å². The van der Waals surface area contributed by atoms with E-state index in [1.807, 2.05) is 0 Å². The highest BCUT2D eigenvalue weighted by Gasteiger charge is 2.29. The van der Waals surface area contributed by atoms with Gasteiger partial charge in [-0.05, 0) is 37.0 Å². The maximum Gasteiger partial charge on any atom is 0.225 e. The fraction of sp³-hybridized carbons (Fsp3) is 0.417.